The Hall–Kier alpha value is -1.03. The van der Waals surface area contributed by atoms with Crippen LogP contribution in [-0.2, 0) is 4.74 Å². The molecule has 4 heteroatoms. The van der Waals surface area contributed by atoms with E-state index in [-0.39, 0.29) is 6.09 Å². The molecule has 2 N–H and O–H groups in total. The van der Waals surface area contributed by atoms with Gasteiger partial charge in [-0.2, -0.15) is 0 Å². The standard InChI is InChI=1S/C13H24N2O2/c1-9-6-11(14-5)7-10(9)8-15-12(16)17-13(2,3)4/h11,14H,6-8H2,1-5H3,(H,15,16). The van der Waals surface area contributed by atoms with Crippen LogP contribution in [0.1, 0.15) is 40.5 Å². The van der Waals surface area contributed by atoms with E-state index in [9.17, 15) is 4.79 Å². The summed E-state index contributed by atoms with van der Waals surface area (Å²) in [7, 11) is 1.97. The number of alkyl carbamates (subject to hydrolysis) is 1. The highest BCUT2D eigenvalue weighted by Crippen LogP contribution is 2.25. The lowest BCUT2D eigenvalue weighted by molar-refractivity contribution is 0.0532. The molecule has 0 aromatic rings. The van der Waals surface area contributed by atoms with E-state index in [1.165, 1.54) is 11.1 Å². The summed E-state index contributed by atoms with van der Waals surface area (Å²) in [5.41, 5.74) is 2.26. The molecule has 0 saturated carbocycles. The zero-order valence-corrected chi connectivity index (χ0v) is 11.5. The van der Waals surface area contributed by atoms with Crippen molar-refractivity contribution in [2.45, 2.75) is 52.2 Å². The minimum atomic E-state index is -0.434. The molecule has 0 aromatic heterocycles. The topological polar surface area (TPSA) is 50.4 Å². The number of rotatable bonds is 3. The Bertz CT molecular complexity index is 316. The fourth-order valence-corrected chi connectivity index (χ4v) is 1.98. The summed E-state index contributed by atoms with van der Waals surface area (Å²) in [6.45, 7) is 8.32. The van der Waals surface area contributed by atoms with Crippen molar-refractivity contribution in [3.63, 3.8) is 0 Å². The number of hydrogen-bond donors (Lipinski definition) is 2. The van der Waals surface area contributed by atoms with E-state index >= 15 is 0 Å². The molecule has 1 amide bonds. The monoisotopic (exact) mass is 240 g/mol. The van der Waals surface area contributed by atoms with Crippen LogP contribution in [0.4, 0.5) is 4.79 Å². The SMILES string of the molecule is CNC1CC(C)=C(CNC(=O)OC(C)(C)C)C1. The average Bonchev–Trinajstić information content (AvgIpc) is 2.54. The zero-order chi connectivity index (χ0) is 13.1. The van der Waals surface area contributed by atoms with Crippen molar-refractivity contribution in [2.75, 3.05) is 13.6 Å². The van der Waals surface area contributed by atoms with E-state index in [2.05, 4.69) is 17.6 Å². The Morgan fingerprint density at radius 3 is 2.53 bits per heavy atom. The molecule has 0 aliphatic heterocycles. The van der Waals surface area contributed by atoms with Gasteiger partial charge in [0.05, 0.1) is 0 Å². The number of nitrogens with one attached hydrogen (secondary N) is 2. The van der Waals surface area contributed by atoms with Gasteiger partial charge >= 0.3 is 6.09 Å². The van der Waals surface area contributed by atoms with Crippen LogP contribution in [0.2, 0.25) is 0 Å². The summed E-state index contributed by atoms with van der Waals surface area (Å²) < 4.78 is 5.20. The Morgan fingerprint density at radius 2 is 2.06 bits per heavy atom. The summed E-state index contributed by atoms with van der Waals surface area (Å²) in [6.07, 6.45) is 1.74. The van der Waals surface area contributed by atoms with E-state index in [1.807, 2.05) is 27.8 Å². The lowest BCUT2D eigenvalue weighted by Gasteiger charge is -2.20. The number of hydrogen-bond acceptors (Lipinski definition) is 3. The van der Waals surface area contributed by atoms with Crippen molar-refractivity contribution < 1.29 is 9.53 Å². The summed E-state index contributed by atoms with van der Waals surface area (Å²) in [4.78, 5) is 11.5. The molecule has 0 aromatic carbocycles. The largest absolute Gasteiger partial charge is 0.444 e. The number of ether oxygens (including phenoxy) is 1. The Morgan fingerprint density at radius 1 is 1.41 bits per heavy atom. The summed E-state index contributed by atoms with van der Waals surface area (Å²) in [5.74, 6) is 0. The summed E-state index contributed by atoms with van der Waals surface area (Å²) in [5, 5.41) is 6.07. The third-order valence-electron chi connectivity index (χ3n) is 2.90. The second kappa shape index (κ2) is 5.54. The number of carbonyl (C=O) groups excluding carboxylic acids is 1. The van der Waals surface area contributed by atoms with Crippen LogP contribution in [0, 0.1) is 0 Å². The minimum absolute atomic E-state index is 0.342. The third-order valence-corrected chi connectivity index (χ3v) is 2.90. The van der Waals surface area contributed by atoms with Crippen LogP contribution in [0.25, 0.3) is 0 Å². The smallest absolute Gasteiger partial charge is 0.407 e. The molecule has 1 unspecified atom stereocenters. The van der Waals surface area contributed by atoms with Crippen molar-refractivity contribution >= 4 is 6.09 Å². The van der Waals surface area contributed by atoms with Gasteiger partial charge in [0.15, 0.2) is 0 Å². The summed E-state index contributed by atoms with van der Waals surface area (Å²) in [6, 6.07) is 0.519. The maximum absolute atomic E-state index is 11.5. The van der Waals surface area contributed by atoms with Crippen molar-refractivity contribution in [3.05, 3.63) is 11.1 Å². The summed E-state index contributed by atoms with van der Waals surface area (Å²) >= 11 is 0. The normalized spacial score (nSPS) is 20.6. The van der Waals surface area contributed by atoms with Gasteiger partial charge < -0.3 is 15.4 Å². The molecule has 0 bridgehead atoms. The van der Waals surface area contributed by atoms with E-state index in [1.54, 1.807) is 0 Å². The van der Waals surface area contributed by atoms with Gasteiger partial charge in [0.25, 0.3) is 0 Å². The molecule has 1 aliphatic carbocycles. The first kappa shape index (κ1) is 14.0. The Balaban J connectivity index is 2.37. The quantitative estimate of drug-likeness (QED) is 0.744. The first-order chi connectivity index (χ1) is 7.81. The van der Waals surface area contributed by atoms with Crippen LogP contribution in [0.15, 0.2) is 11.1 Å². The molecule has 1 rings (SSSR count). The van der Waals surface area contributed by atoms with Crippen molar-refractivity contribution in [3.8, 4) is 0 Å². The fourth-order valence-electron chi connectivity index (χ4n) is 1.98. The highest BCUT2D eigenvalue weighted by molar-refractivity contribution is 5.68. The molecule has 98 valence electrons. The first-order valence-corrected chi connectivity index (χ1v) is 6.13. The molecule has 1 aliphatic rings. The lowest BCUT2D eigenvalue weighted by atomic mass is 10.2. The molecule has 0 heterocycles. The second-order valence-corrected chi connectivity index (χ2v) is 5.63. The number of amides is 1. The molecule has 0 saturated heterocycles. The van der Waals surface area contributed by atoms with Crippen molar-refractivity contribution in [1.29, 1.82) is 0 Å². The van der Waals surface area contributed by atoms with Crippen LogP contribution in [0.3, 0.4) is 0 Å². The van der Waals surface area contributed by atoms with Gasteiger partial charge in [-0.25, -0.2) is 4.79 Å². The first-order valence-electron chi connectivity index (χ1n) is 6.13. The Labute approximate surface area is 104 Å². The fraction of sp³-hybridized carbons (Fsp3) is 0.769. The van der Waals surface area contributed by atoms with E-state index in [4.69, 9.17) is 4.74 Å². The highest BCUT2D eigenvalue weighted by Gasteiger charge is 2.21. The Kier molecular flexibility index (Phi) is 4.57. The molecule has 4 nitrogen and oxygen atoms in total. The van der Waals surface area contributed by atoms with Crippen LogP contribution < -0.4 is 10.6 Å². The predicted molar refractivity (Wildman–Crippen MR) is 69.0 cm³/mol. The van der Waals surface area contributed by atoms with Crippen LogP contribution in [0.5, 0.6) is 0 Å². The van der Waals surface area contributed by atoms with E-state index < -0.39 is 5.60 Å². The highest BCUT2D eigenvalue weighted by atomic mass is 16.6. The molecule has 0 radical (unpaired) electrons. The molecule has 0 fully saturated rings. The molecular formula is C13H24N2O2. The second-order valence-electron chi connectivity index (χ2n) is 5.63. The van der Waals surface area contributed by atoms with Crippen LogP contribution in [-0.4, -0.2) is 31.3 Å². The van der Waals surface area contributed by atoms with Crippen molar-refractivity contribution in [1.82, 2.24) is 10.6 Å². The van der Waals surface area contributed by atoms with E-state index in [0.717, 1.165) is 12.8 Å². The minimum Gasteiger partial charge on any atom is -0.444 e. The predicted octanol–water partition coefficient (Wildman–Crippen LogP) is 2.21. The average molecular weight is 240 g/mol. The number of carbonyl (C=O) groups is 1. The third kappa shape index (κ3) is 4.77. The van der Waals surface area contributed by atoms with Gasteiger partial charge in [-0.15, -0.1) is 0 Å². The van der Waals surface area contributed by atoms with Gasteiger partial charge in [0.1, 0.15) is 5.60 Å². The van der Waals surface area contributed by atoms with Gasteiger partial charge in [0, 0.05) is 12.6 Å². The maximum Gasteiger partial charge on any atom is 0.407 e. The maximum atomic E-state index is 11.5. The molecule has 17 heavy (non-hydrogen) atoms. The van der Waals surface area contributed by atoms with Gasteiger partial charge in [0.2, 0.25) is 0 Å². The van der Waals surface area contributed by atoms with Gasteiger partial charge in [-0.3, -0.25) is 0 Å². The van der Waals surface area contributed by atoms with Crippen molar-refractivity contribution in [2.24, 2.45) is 0 Å². The zero-order valence-electron chi connectivity index (χ0n) is 11.5. The van der Waals surface area contributed by atoms with E-state index in [0.29, 0.717) is 12.6 Å². The molecule has 0 spiro atoms. The van der Waals surface area contributed by atoms with Crippen LogP contribution >= 0.6 is 0 Å². The molecule has 1 atom stereocenters. The lowest BCUT2D eigenvalue weighted by Crippen LogP contribution is -2.33. The molecular weight excluding hydrogens is 216 g/mol. The van der Waals surface area contributed by atoms with Gasteiger partial charge in [-0.05, 0) is 47.6 Å². The van der Waals surface area contributed by atoms with Gasteiger partial charge in [-0.1, -0.05) is 11.1 Å².